The molecule has 6 nitrogen and oxygen atoms in total. The second kappa shape index (κ2) is 8.49. The van der Waals surface area contributed by atoms with E-state index in [1.165, 1.54) is 15.4 Å². The zero-order chi connectivity index (χ0) is 22.1. The number of carbonyl (C=O) groups excluding carboxylic acids is 1. The highest BCUT2D eigenvalue weighted by molar-refractivity contribution is 8.26. The molecule has 1 saturated heterocycles. The van der Waals surface area contributed by atoms with Crippen LogP contribution in [0.3, 0.4) is 0 Å². The number of aromatic nitrogens is 2. The van der Waals surface area contributed by atoms with Gasteiger partial charge >= 0.3 is 0 Å². The number of thioether (sulfide) groups is 1. The summed E-state index contributed by atoms with van der Waals surface area (Å²) in [5, 5.41) is 0. The van der Waals surface area contributed by atoms with Crippen LogP contribution in [-0.4, -0.2) is 31.1 Å². The molecule has 156 valence electrons. The van der Waals surface area contributed by atoms with Gasteiger partial charge in [-0.05, 0) is 49.2 Å². The average Bonchev–Trinajstić information content (AvgIpc) is 3.02. The van der Waals surface area contributed by atoms with Crippen LogP contribution in [0.1, 0.15) is 16.7 Å². The number of nitrogens with zero attached hydrogens (tertiary/aromatic N) is 3. The Morgan fingerprint density at radius 2 is 2.00 bits per heavy atom. The van der Waals surface area contributed by atoms with Crippen molar-refractivity contribution < 1.29 is 9.53 Å². The highest BCUT2D eigenvalue weighted by Crippen LogP contribution is 2.34. The Morgan fingerprint density at radius 1 is 1.19 bits per heavy atom. The van der Waals surface area contributed by atoms with Crippen LogP contribution in [0.15, 0.2) is 64.9 Å². The number of pyridine rings is 1. The fourth-order valence-electron chi connectivity index (χ4n) is 3.14. The van der Waals surface area contributed by atoms with Crippen molar-refractivity contribution in [2.24, 2.45) is 0 Å². The number of aryl methyl sites for hydroxylation is 1. The maximum absolute atomic E-state index is 13.3. The molecule has 1 aromatic carbocycles. The van der Waals surface area contributed by atoms with Gasteiger partial charge in [-0.1, -0.05) is 48.3 Å². The van der Waals surface area contributed by atoms with Crippen LogP contribution in [0.2, 0.25) is 0 Å². The van der Waals surface area contributed by atoms with Crippen molar-refractivity contribution in [1.82, 2.24) is 14.3 Å². The van der Waals surface area contributed by atoms with Gasteiger partial charge in [0.25, 0.3) is 11.5 Å². The lowest BCUT2D eigenvalue weighted by molar-refractivity contribution is -0.121. The number of carbonyl (C=O) groups is 1. The van der Waals surface area contributed by atoms with Crippen LogP contribution in [0.25, 0.3) is 11.7 Å². The lowest BCUT2D eigenvalue weighted by Gasteiger charge is -2.13. The molecule has 0 spiro atoms. The Morgan fingerprint density at radius 3 is 2.77 bits per heavy atom. The lowest BCUT2D eigenvalue weighted by Crippen LogP contribution is -2.28. The highest BCUT2D eigenvalue weighted by atomic mass is 32.2. The molecule has 1 aliphatic rings. The van der Waals surface area contributed by atoms with E-state index in [0.29, 0.717) is 27.2 Å². The van der Waals surface area contributed by atoms with E-state index in [0.717, 1.165) is 22.9 Å². The van der Waals surface area contributed by atoms with Crippen LogP contribution >= 0.6 is 24.0 Å². The first-order valence-corrected chi connectivity index (χ1v) is 10.7. The summed E-state index contributed by atoms with van der Waals surface area (Å²) < 4.78 is 7.95. The van der Waals surface area contributed by atoms with E-state index in [4.69, 9.17) is 17.0 Å². The van der Waals surface area contributed by atoms with Gasteiger partial charge in [0.2, 0.25) is 5.88 Å². The number of rotatable bonds is 5. The molecule has 0 bridgehead atoms. The summed E-state index contributed by atoms with van der Waals surface area (Å²) in [5.74, 6) is 0.463. The van der Waals surface area contributed by atoms with Crippen LogP contribution < -0.4 is 10.3 Å². The molecule has 1 aliphatic heterocycles. The topological polar surface area (TPSA) is 63.9 Å². The van der Waals surface area contributed by atoms with Crippen molar-refractivity contribution in [3.63, 3.8) is 0 Å². The Kier molecular flexibility index (Phi) is 5.75. The van der Waals surface area contributed by atoms with Crippen LogP contribution in [0.4, 0.5) is 0 Å². The van der Waals surface area contributed by atoms with Crippen molar-refractivity contribution in [2.45, 2.75) is 13.8 Å². The fraction of sp³-hybridized carbons (Fsp3) is 0.130. The highest BCUT2D eigenvalue weighted by Gasteiger charge is 2.32. The van der Waals surface area contributed by atoms with E-state index in [1.54, 1.807) is 30.5 Å². The largest absolute Gasteiger partial charge is 0.438 e. The van der Waals surface area contributed by atoms with Gasteiger partial charge in [-0.2, -0.15) is 4.98 Å². The van der Waals surface area contributed by atoms with Gasteiger partial charge in [0.15, 0.2) is 0 Å². The number of hydrogen-bond acceptors (Lipinski definition) is 6. The molecule has 1 fully saturated rings. The minimum absolute atomic E-state index is 0.138. The quantitative estimate of drug-likeness (QED) is 0.325. The molecule has 1 amide bonds. The third kappa shape index (κ3) is 3.92. The second-order valence-electron chi connectivity index (χ2n) is 6.95. The first kappa shape index (κ1) is 21.0. The monoisotopic (exact) mass is 449 g/mol. The number of thiocarbonyl (C=S) groups is 1. The molecule has 0 saturated carbocycles. The first-order chi connectivity index (χ1) is 14.9. The smallest absolute Gasteiger partial charge is 0.269 e. The summed E-state index contributed by atoms with van der Waals surface area (Å²) in [7, 11) is 0. The lowest BCUT2D eigenvalue weighted by atomic mass is 10.1. The van der Waals surface area contributed by atoms with Gasteiger partial charge in [0.05, 0.1) is 4.91 Å². The number of fused-ring (bicyclic) bond motifs is 1. The maximum Gasteiger partial charge on any atom is 0.269 e. The first-order valence-electron chi connectivity index (χ1n) is 9.52. The Bertz CT molecular complexity index is 1330. The Hall–Kier alpha value is -3.23. The molecule has 0 atom stereocenters. The van der Waals surface area contributed by atoms with Gasteiger partial charge < -0.3 is 4.74 Å². The van der Waals surface area contributed by atoms with Crippen molar-refractivity contribution in [3.8, 4) is 11.6 Å². The number of benzene rings is 1. The molecule has 0 unspecified atom stereocenters. The van der Waals surface area contributed by atoms with Crippen molar-refractivity contribution in [2.75, 3.05) is 6.54 Å². The van der Waals surface area contributed by atoms with Gasteiger partial charge in [-0.25, -0.2) is 0 Å². The van der Waals surface area contributed by atoms with Gasteiger partial charge in [0.1, 0.15) is 21.3 Å². The summed E-state index contributed by atoms with van der Waals surface area (Å²) in [6.45, 7) is 7.90. The summed E-state index contributed by atoms with van der Waals surface area (Å²) in [6.07, 6.45) is 4.75. The van der Waals surface area contributed by atoms with Crippen LogP contribution in [-0.2, 0) is 4.79 Å². The SMILES string of the molecule is C=CCN1C(=O)/C(=C\c2c(Oc3cccc(C)c3C)nc3ccccn3c2=O)SC1=S. The van der Waals surface area contributed by atoms with Crippen molar-refractivity contribution in [1.29, 1.82) is 0 Å². The third-order valence-electron chi connectivity index (χ3n) is 4.96. The molecule has 8 heteroatoms. The molecule has 0 radical (unpaired) electrons. The van der Waals surface area contributed by atoms with Gasteiger partial charge in [-0.15, -0.1) is 6.58 Å². The van der Waals surface area contributed by atoms with E-state index in [2.05, 4.69) is 11.6 Å². The summed E-state index contributed by atoms with van der Waals surface area (Å²) >= 11 is 6.45. The summed E-state index contributed by atoms with van der Waals surface area (Å²) in [4.78, 5) is 32.4. The predicted molar refractivity (Wildman–Crippen MR) is 128 cm³/mol. The zero-order valence-corrected chi connectivity index (χ0v) is 18.6. The molecule has 4 rings (SSSR count). The summed E-state index contributed by atoms with van der Waals surface area (Å²) in [6, 6.07) is 11.0. The van der Waals surface area contributed by atoms with Crippen molar-refractivity contribution in [3.05, 3.63) is 87.2 Å². The average molecular weight is 450 g/mol. The van der Waals surface area contributed by atoms with Crippen molar-refractivity contribution >= 4 is 45.9 Å². The normalized spacial score (nSPS) is 15.2. The maximum atomic E-state index is 13.3. The van der Waals surface area contributed by atoms with Crippen LogP contribution in [0.5, 0.6) is 11.6 Å². The minimum atomic E-state index is -0.333. The number of amides is 1. The van der Waals surface area contributed by atoms with E-state index < -0.39 is 0 Å². The molecule has 0 N–H and O–H groups in total. The summed E-state index contributed by atoms with van der Waals surface area (Å²) in [5.41, 5.74) is 2.30. The molecule has 2 aromatic heterocycles. The second-order valence-corrected chi connectivity index (χ2v) is 8.62. The third-order valence-corrected chi connectivity index (χ3v) is 6.33. The van der Waals surface area contributed by atoms with E-state index in [9.17, 15) is 9.59 Å². The minimum Gasteiger partial charge on any atom is -0.438 e. The number of ether oxygens (including phenoxy) is 1. The molecule has 3 aromatic rings. The molecule has 0 aliphatic carbocycles. The van der Waals surface area contributed by atoms with Gasteiger partial charge in [-0.3, -0.25) is 18.9 Å². The van der Waals surface area contributed by atoms with E-state index in [1.807, 2.05) is 32.0 Å². The molecule has 31 heavy (non-hydrogen) atoms. The van der Waals surface area contributed by atoms with E-state index in [-0.39, 0.29) is 22.9 Å². The predicted octanol–water partition coefficient (Wildman–Crippen LogP) is 4.49. The Labute approximate surface area is 188 Å². The molecular weight excluding hydrogens is 430 g/mol. The van der Waals surface area contributed by atoms with E-state index >= 15 is 0 Å². The Balaban J connectivity index is 1.88. The zero-order valence-electron chi connectivity index (χ0n) is 17.0. The molecular formula is C23H19N3O3S2. The number of hydrogen-bond donors (Lipinski definition) is 0. The van der Waals surface area contributed by atoms with Gasteiger partial charge in [0, 0.05) is 12.7 Å². The van der Waals surface area contributed by atoms with Crippen LogP contribution in [0, 0.1) is 13.8 Å². The standard InChI is InChI=1S/C23H19N3O3S2/c1-4-11-26-22(28)18(31-23(26)30)13-16-20(29-17-9-7-8-14(2)15(17)3)24-19-10-5-6-12-25(19)21(16)27/h4-10,12-13H,1,11H2,2-3H3/b18-13+. The molecule has 3 heterocycles. The fourth-order valence-corrected chi connectivity index (χ4v) is 4.40.